The molecule has 29 heavy (non-hydrogen) atoms. The van der Waals surface area contributed by atoms with Gasteiger partial charge in [-0.15, -0.1) is 11.3 Å². The van der Waals surface area contributed by atoms with E-state index >= 15 is 0 Å². The Hall–Kier alpha value is -3.51. The number of para-hydroxylation sites is 1. The number of rotatable bonds is 4. The molecule has 0 fully saturated rings. The van der Waals surface area contributed by atoms with Crippen LogP contribution in [-0.2, 0) is 6.54 Å². The van der Waals surface area contributed by atoms with E-state index in [-0.39, 0.29) is 17.9 Å². The summed E-state index contributed by atoms with van der Waals surface area (Å²) in [6.45, 7) is 1.95. The minimum atomic E-state index is -0.189. The van der Waals surface area contributed by atoms with Crippen molar-refractivity contribution in [2.45, 2.75) is 13.5 Å². The number of nitrogens with one attached hydrogen (secondary N) is 1. The van der Waals surface area contributed by atoms with Gasteiger partial charge in [0.2, 0.25) is 0 Å². The van der Waals surface area contributed by atoms with Gasteiger partial charge in [0.1, 0.15) is 4.83 Å². The van der Waals surface area contributed by atoms with Gasteiger partial charge in [-0.3, -0.25) is 14.2 Å². The van der Waals surface area contributed by atoms with E-state index in [1.165, 1.54) is 22.2 Å². The second-order valence-electron chi connectivity index (χ2n) is 6.93. The van der Waals surface area contributed by atoms with E-state index in [1.54, 1.807) is 6.20 Å². The number of H-pyrrole nitrogens is 1. The first-order valence-corrected chi connectivity index (χ1v) is 10.1. The summed E-state index contributed by atoms with van der Waals surface area (Å²) in [6, 6.07) is 17.5. The van der Waals surface area contributed by atoms with E-state index in [2.05, 4.69) is 9.97 Å². The van der Waals surface area contributed by atoms with Gasteiger partial charge in [-0.1, -0.05) is 48.5 Å². The number of benzene rings is 2. The van der Waals surface area contributed by atoms with Crippen LogP contribution in [-0.4, -0.2) is 20.3 Å². The average Bonchev–Trinajstić information content (AvgIpc) is 3.32. The molecule has 1 N–H and O–H groups in total. The molecule has 2 aromatic carbocycles. The van der Waals surface area contributed by atoms with E-state index in [0.29, 0.717) is 15.8 Å². The molecule has 0 unspecified atom stereocenters. The van der Waals surface area contributed by atoms with Crippen LogP contribution in [0.5, 0.6) is 0 Å². The fraction of sp³-hybridized carbons (Fsp3) is 0.0870. The maximum Gasteiger partial charge on any atom is 0.263 e. The molecule has 0 bridgehead atoms. The van der Waals surface area contributed by atoms with Crippen LogP contribution in [0.1, 0.15) is 15.2 Å². The molecule has 3 aromatic heterocycles. The van der Waals surface area contributed by atoms with Crippen molar-refractivity contribution in [2.75, 3.05) is 0 Å². The zero-order valence-corrected chi connectivity index (χ0v) is 16.5. The number of hydrogen-bond donors (Lipinski definition) is 1. The number of thiophene rings is 1. The number of aromatic amines is 1. The Bertz CT molecular complexity index is 1430. The fourth-order valence-corrected chi connectivity index (χ4v) is 4.75. The molecule has 6 heteroatoms. The summed E-state index contributed by atoms with van der Waals surface area (Å²) < 4.78 is 1.41. The highest BCUT2D eigenvalue weighted by atomic mass is 32.1. The number of Topliss-reactive ketones (excluding diaryl/α,β-unsaturated/α-hetero) is 1. The van der Waals surface area contributed by atoms with Crippen molar-refractivity contribution < 1.29 is 4.79 Å². The molecule has 0 aliphatic carbocycles. The number of aryl methyl sites for hydroxylation is 1. The van der Waals surface area contributed by atoms with Gasteiger partial charge in [-0.25, -0.2) is 4.98 Å². The summed E-state index contributed by atoms with van der Waals surface area (Å²) in [6.07, 6.45) is 3.18. The van der Waals surface area contributed by atoms with Gasteiger partial charge in [-0.05, 0) is 18.6 Å². The summed E-state index contributed by atoms with van der Waals surface area (Å²) in [7, 11) is 0. The average molecular weight is 399 g/mol. The lowest BCUT2D eigenvalue weighted by atomic mass is 10.0. The van der Waals surface area contributed by atoms with Crippen molar-refractivity contribution in [1.29, 1.82) is 0 Å². The van der Waals surface area contributed by atoms with Gasteiger partial charge in [0.25, 0.3) is 5.56 Å². The van der Waals surface area contributed by atoms with Crippen LogP contribution in [0.3, 0.4) is 0 Å². The maximum absolute atomic E-state index is 13.3. The highest BCUT2D eigenvalue weighted by molar-refractivity contribution is 7.19. The second kappa shape index (κ2) is 6.83. The minimum absolute atomic E-state index is 0.0489. The Morgan fingerprint density at radius 1 is 1.10 bits per heavy atom. The van der Waals surface area contributed by atoms with E-state index in [0.717, 1.165) is 26.9 Å². The predicted molar refractivity (Wildman–Crippen MR) is 117 cm³/mol. The molecule has 0 aliphatic rings. The third-order valence-corrected chi connectivity index (χ3v) is 6.13. The summed E-state index contributed by atoms with van der Waals surface area (Å²) in [5.74, 6) is -0.126. The second-order valence-corrected chi connectivity index (χ2v) is 8.13. The van der Waals surface area contributed by atoms with Crippen LogP contribution in [0.25, 0.3) is 32.2 Å². The van der Waals surface area contributed by atoms with E-state index in [9.17, 15) is 9.59 Å². The van der Waals surface area contributed by atoms with Crippen LogP contribution in [0.2, 0.25) is 0 Å². The SMILES string of the molecule is Cc1sc2ncn(CC(=O)c3c[nH]c4ccccc34)c(=O)c2c1-c1ccccc1. The monoisotopic (exact) mass is 399 g/mol. The zero-order chi connectivity index (χ0) is 20.0. The van der Waals surface area contributed by atoms with Crippen molar-refractivity contribution in [3.63, 3.8) is 0 Å². The lowest BCUT2D eigenvalue weighted by Crippen LogP contribution is -2.24. The normalized spacial score (nSPS) is 11.3. The van der Waals surface area contributed by atoms with E-state index in [1.807, 2.05) is 61.5 Å². The summed E-state index contributed by atoms with van der Waals surface area (Å²) in [5.41, 5.74) is 3.17. The molecule has 0 saturated carbocycles. The highest BCUT2D eigenvalue weighted by Crippen LogP contribution is 2.35. The summed E-state index contributed by atoms with van der Waals surface area (Å²) >= 11 is 1.50. The quantitative estimate of drug-likeness (QED) is 0.442. The van der Waals surface area contributed by atoms with Gasteiger partial charge in [0.05, 0.1) is 18.3 Å². The fourth-order valence-electron chi connectivity index (χ4n) is 3.74. The number of aromatic nitrogens is 3. The maximum atomic E-state index is 13.3. The van der Waals surface area contributed by atoms with Crippen molar-refractivity contribution in [3.05, 3.63) is 87.9 Å². The molecule has 0 aliphatic heterocycles. The molecule has 5 nitrogen and oxygen atoms in total. The Morgan fingerprint density at radius 2 is 1.86 bits per heavy atom. The Kier molecular flexibility index (Phi) is 4.14. The van der Waals surface area contributed by atoms with Crippen LogP contribution in [0.4, 0.5) is 0 Å². The molecule has 5 rings (SSSR count). The topological polar surface area (TPSA) is 67.8 Å². The molecule has 142 valence electrons. The number of carbonyl (C=O) groups excluding carboxylic acids is 1. The van der Waals surface area contributed by atoms with E-state index < -0.39 is 0 Å². The van der Waals surface area contributed by atoms with Crippen LogP contribution in [0, 0.1) is 6.92 Å². The van der Waals surface area contributed by atoms with Crippen molar-refractivity contribution in [2.24, 2.45) is 0 Å². The molecule has 0 spiro atoms. The zero-order valence-electron chi connectivity index (χ0n) is 15.7. The molecular formula is C23H17N3O2S. The minimum Gasteiger partial charge on any atom is -0.360 e. The summed E-state index contributed by atoms with van der Waals surface area (Å²) in [4.78, 5) is 35.5. The van der Waals surface area contributed by atoms with Gasteiger partial charge >= 0.3 is 0 Å². The number of nitrogens with zero attached hydrogens (tertiary/aromatic N) is 2. The first-order valence-electron chi connectivity index (χ1n) is 9.27. The van der Waals surface area contributed by atoms with Crippen LogP contribution in [0.15, 0.2) is 71.9 Å². The molecule has 0 saturated heterocycles. The number of ketones is 1. The first-order chi connectivity index (χ1) is 14.1. The number of carbonyl (C=O) groups is 1. The Balaban J connectivity index is 1.60. The van der Waals surface area contributed by atoms with Gasteiger partial charge in [0.15, 0.2) is 5.78 Å². The van der Waals surface area contributed by atoms with Crippen molar-refractivity contribution in [1.82, 2.24) is 14.5 Å². The van der Waals surface area contributed by atoms with Crippen LogP contribution >= 0.6 is 11.3 Å². The lowest BCUT2D eigenvalue weighted by molar-refractivity contribution is 0.0972. The smallest absolute Gasteiger partial charge is 0.263 e. The molecular weight excluding hydrogens is 382 g/mol. The summed E-state index contributed by atoms with van der Waals surface area (Å²) in [5, 5.41) is 1.43. The van der Waals surface area contributed by atoms with Gasteiger partial charge in [-0.2, -0.15) is 0 Å². The van der Waals surface area contributed by atoms with Crippen molar-refractivity contribution in [3.8, 4) is 11.1 Å². The largest absolute Gasteiger partial charge is 0.360 e. The Labute approximate surface area is 170 Å². The van der Waals surface area contributed by atoms with E-state index in [4.69, 9.17) is 0 Å². The molecule has 0 amide bonds. The van der Waals surface area contributed by atoms with Gasteiger partial charge < -0.3 is 4.98 Å². The van der Waals surface area contributed by atoms with Crippen molar-refractivity contribution >= 4 is 38.2 Å². The predicted octanol–water partition coefficient (Wildman–Crippen LogP) is 4.80. The Morgan fingerprint density at radius 3 is 2.69 bits per heavy atom. The standard InChI is InChI=1S/C23H17N3O2S/c1-14-20(15-7-3-2-4-8-15)21-22(29-14)25-13-26(23(21)28)12-19(27)17-11-24-18-10-6-5-9-16(17)18/h2-11,13,24H,12H2,1H3. The number of fused-ring (bicyclic) bond motifs is 2. The highest BCUT2D eigenvalue weighted by Gasteiger charge is 2.19. The first kappa shape index (κ1) is 17.6. The van der Waals surface area contributed by atoms with Gasteiger partial charge in [0, 0.05) is 33.1 Å². The third-order valence-electron chi connectivity index (χ3n) is 5.12. The molecule has 0 radical (unpaired) electrons. The third kappa shape index (κ3) is 2.89. The molecule has 0 atom stereocenters. The molecule has 3 heterocycles. The lowest BCUT2D eigenvalue weighted by Gasteiger charge is -2.06. The number of hydrogen-bond acceptors (Lipinski definition) is 4. The van der Waals surface area contributed by atoms with Crippen LogP contribution < -0.4 is 5.56 Å². The molecule has 5 aromatic rings.